The van der Waals surface area contributed by atoms with Gasteiger partial charge < -0.3 is 60.9 Å². The van der Waals surface area contributed by atoms with Crippen LogP contribution in [0.2, 0.25) is 0 Å². The minimum Gasteiger partial charge on any atom is -0.487 e. The molecule has 0 bridgehead atoms. The smallest absolute Gasteiger partial charge is 0.407 e. The highest BCUT2D eigenvalue weighted by molar-refractivity contribution is 5.92. The zero-order valence-electron chi connectivity index (χ0n) is 57.2. The number of nitrogens with zero attached hydrogens (tertiary/aromatic N) is 1. The van der Waals surface area contributed by atoms with Crippen LogP contribution in [0.4, 0.5) is 19.2 Å². The fourth-order valence-electron chi connectivity index (χ4n) is 14.6. The summed E-state index contributed by atoms with van der Waals surface area (Å²) in [6.45, 7) is 1.31. The van der Waals surface area contributed by atoms with Crippen LogP contribution in [0.15, 0.2) is 199 Å². The number of benzene rings is 8. The van der Waals surface area contributed by atoms with Crippen molar-refractivity contribution in [2.24, 2.45) is 4.99 Å². The Kier molecular flexibility index (Phi) is 24.0. The normalized spacial score (nSPS) is 13.8. The van der Waals surface area contributed by atoms with Crippen LogP contribution in [0.5, 0.6) is 0 Å². The maximum Gasteiger partial charge on any atom is 0.407 e. The Morgan fingerprint density at radius 3 is 0.882 bits per heavy atom. The van der Waals surface area contributed by atoms with Gasteiger partial charge in [-0.15, -0.1) is 0 Å². The van der Waals surface area contributed by atoms with Crippen molar-refractivity contribution in [3.05, 3.63) is 239 Å². The quantitative estimate of drug-likeness (QED) is 0.00877. The van der Waals surface area contributed by atoms with Gasteiger partial charge in [0.05, 0.1) is 13.7 Å². The molecule has 20 heteroatoms. The van der Waals surface area contributed by atoms with Crippen LogP contribution in [-0.4, -0.2) is 133 Å². The van der Waals surface area contributed by atoms with Gasteiger partial charge in [-0.2, -0.15) is 0 Å². The molecule has 0 heterocycles. The van der Waals surface area contributed by atoms with Crippen LogP contribution in [0.25, 0.3) is 44.5 Å². The van der Waals surface area contributed by atoms with Crippen molar-refractivity contribution >= 4 is 48.5 Å². The molecule has 0 radical (unpaired) electrons. The molecule has 526 valence electrons. The number of rotatable bonds is 33. The Labute approximate surface area is 594 Å². The average molecular weight is 1380 g/mol. The summed E-state index contributed by atoms with van der Waals surface area (Å²) in [6.07, 6.45) is 1.41. The van der Waals surface area contributed by atoms with Crippen molar-refractivity contribution in [1.82, 2.24) is 37.2 Å². The van der Waals surface area contributed by atoms with Crippen LogP contribution in [0.3, 0.4) is 0 Å². The van der Waals surface area contributed by atoms with Crippen LogP contribution in [0.1, 0.15) is 126 Å². The van der Waals surface area contributed by atoms with Gasteiger partial charge in [-0.25, -0.2) is 19.2 Å². The van der Waals surface area contributed by atoms with Crippen molar-refractivity contribution in [2.45, 2.75) is 99.6 Å². The van der Waals surface area contributed by atoms with Crippen molar-refractivity contribution in [3.8, 4) is 44.5 Å². The van der Waals surface area contributed by atoms with E-state index in [4.69, 9.17) is 23.7 Å². The second-order valence-electron chi connectivity index (χ2n) is 25.9. The molecule has 8 aromatic carbocycles. The lowest BCUT2D eigenvalue weighted by Crippen LogP contribution is -2.54. The number of aliphatic imine (C=N–C) groups is 1. The first-order valence-corrected chi connectivity index (χ1v) is 35.3. The highest BCUT2D eigenvalue weighted by Crippen LogP contribution is 2.48. The average Bonchev–Trinajstić information content (AvgIpc) is 1.64. The molecular weight excluding hydrogens is 1290 g/mol. The SMILES string of the molecule is COC=NCCNC(=O)C(CCCCNC(=O)C(CCCCNC(=O)OCC1c2ccccc2-c2ccccc21)NC(=O)OCC1c2ccccc2-c2ccccc21)NC(=O)C(CCCCNC(=O)OCC1c2ccccc2-c2ccccc21)NC(=O)OCC1c2ccccc2-c2ccccc21. The zero-order chi connectivity index (χ0) is 70.6. The third kappa shape index (κ3) is 17.1. The lowest BCUT2D eigenvalue weighted by atomic mass is 9.98. The Morgan fingerprint density at radius 1 is 0.324 bits per heavy atom. The number of fused-ring (bicyclic) bond motifs is 12. The fraction of sp³-hybridized carbons (Fsp3) is 0.317. The second kappa shape index (κ2) is 34.7. The minimum atomic E-state index is -1.17. The topological polar surface area (TPSA) is 262 Å². The third-order valence-electron chi connectivity index (χ3n) is 19.5. The Balaban J connectivity index is 0.660. The number of unbranched alkanes of at least 4 members (excludes halogenated alkanes) is 3. The van der Waals surface area contributed by atoms with E-state index in [-0.39, 0.29) is 102 Å². The number of amides is 7. The van der Waals surface area contributed by atoms with Crippen LogP contribution in [0, 0.1) is 0 Å². The van der Waals surface area contributed by atoms with Gasteiger partial charge in [-0.3, -0.25) is 19.4 Å². The van der Waals surface area contributed by atoms with Crippen LogP contribution in [-0.2, 0) is 38.1 Å². The summed E-state index contributed by atoms with van der Waals surface area (Å²) < 4.78 is 28.3. The number of carbonyl (C=O) groups is 7. The Morgan fingerprint density at radius 2 is 0.578 bits per heavy atom. The van der Waals surface area contributed by atoms with Crippen molar-refractivity contribution < 1.29 is 57.2 Å². The highest BCUT2D eigenvalue weighted by atomic mass is 16.6. The molecule has 4 aliphatic rings. The lowest BCUT2D eigenvalue weighted by Gasteiger charge is -2.24. The molecule has 0 fully saturated rings. The van der Waals surface area contributed by atoms with E-state index in [1.165, 1.54) is 13.5 Å². The number of hydrogen-bond donors (Lipinski definition) is 7. The van der Waals surface area contributed by atoms with Gasteiger partial charge in [0.2, 0.25) is 17.7 Å². The first kappa shape index (κ1) is 70.6. The predicted molar refractivity (Wildman–Crippen MR) is 390 cm³/mol. The van der Waals surface area contributed by atoms with E-state index in [1.54, 1.807) is 0 Å². The van der Waals surface area contributed by atoms with Crippen LogP contribution >= 0.6 is 0 Å². The summed E-state index contributed by atoms with van der Waals surface area (Å²) in [6, 6.07) is 61.2. The molecule has 4 aliphatic carbocycles. The fourth-order valence-corrected chi connectivity index (χ4v) is 14.6. The Hall–Kier alpha value is -11.3. The number of carbonyl (C=O) groups excluding carboxylic acids is 7. The molecular formula is C82H86N8O12. The van der Waals surface area contributed by atoms with Gasteiger partial charge >= 0.3 is 24.4 Å². The van der Waals surface area contributed by atoms with Gasteiger partial charge in [0.25, 0.3) is 0 Å². The van der Waals surface area contributed by atoms with Crippen molar-refractivity contribution in [1.29, 1.82) is 0 Å². The number of hydrogen-bond acceptors (Lipinski definition) is 13. The first-order valence-electron chi connectivity index (χ1n) is 35.3. The van der Waals surface area contributed by atoms with Crippen LogP contribution < -0.4 is 37.2 Å². The molecule has 0 saturated heterocycles. The summed E-state index contributed by atoms with van der Waals surface area (Å²) in [4.78, 5) is 101. The predicted octanol–water partition coefficient (Wildman–Crippen LogP) is 12.8. The number of methoxy groups -OCH3 is 1. The van der Waals surface area contributed by atoms with E-state index in [0.717, 1.165) is 89.0 Å². The third-order valence-corrected chi connectivity index (χ3v) is 19.5. The summed E-state index contributed by atoms with van der Waals surface area (Å²) in [5.41, 5.74) is 17.3. The van der Waals surface area contributed by atoms with Crippen molar-refractivity contribution in [3.63, 3.8) is 0 Å². The summed E-state index contributed by atoms with van der Waals surface area (Å²) in [5.74, 6) is -2.24. The molecule has 7 amide bonds. The molecule has 12 rings (SSSR count). The molecule has 8 aromatic rings. The van der Waals surface area contributed by atoms with Gasteiger partial charge in [-0.1, -0.05) is 194 Å². The highest BCUT2D eigenvalue weighted by Gasteiger charge is 2.35. The summed E-state index contributed by atoms with van der Waals surface area (Å²) in [7, 11) is 1.46. The molecule has 3 atom stereocenters. The Bertz CT molecular complexity index is 4150. The molecule has 7 N–H and O–H groups in total. The molecule has 0 aromatic heterocycles. The van der Waals surface area contributed by atoms with E-state index >= 15 is 0 Å². The zero-order valence-corrected chi connectivity index (χ0v) is 57.2. The number of nitrogens with one attached hydrogen (secondary N) is 7. The molecule has 102 heavy (non-hydrogen) atoms. The summed E-state index contributed by atoms with van der Waals surface area (Å²) >= 11 is 0. The van der Waals surface area contributed by atoms with E-state index in [1.807, 2.05) is 133 Å². The molecule has 0 saturated carbocycles. The van der Waals surface area contributed by atoms with Gasteiger partial charge in [0, 0.05) is 49.9 Å². The van der Waals surface area contributed by atoms with E-state index in [2.05, 4.69) is 103 Å². The molecule has 20 nitrogen and oxygen atoms in total. The summed E-state index contributed by atoms with van der Waals surface area (Å²) in [5, 5.41) is 20.0. The standard InChI is InChI=1S/C82H86N8O12/c1-98-52-83-46-47-85-76(91)73(88-78(93)75(90-82(97)102-51-72-67-38-16-8-30-59(67)60-31-9-17-39-68(60)72)42-20-23-45-87-80(95)100-49-70-63-34-12-4-26-55(63)56-27-5-13-35-64(56)70)40-18-21-43-84-77(92)74(89-81(96)101-50-71-65-36-14-6-28-57(65)58-29-7-15-37-66(58)71)41-19-22-44-86-79(94)99-48-69-61-32-10-2-24-53(61)54-25-3-11-33-62(54)69/h2-17,24-39,52,69-75H,18-23,40-51H2,1H3,(H,84,92)(H,85,91)(H,86,94)(H,87,95)(H,88,93)(H,89,96)(H,90,97). The van der Waals surface area contributed by atoms with Gasteiger partial charge in [0.1, 0.15) is 44.6 Å². The van der Waals surface area contributed by atoms with E-state index < -0.39 is 60.2 Å². The number of ether oxygens (including phenoxy) is 5. The van der Waals surface area contributed by atoms with Crippen molar-refractivity contribution in [2.75, 3.05) is 66.3 Å². The maximum atomic E-state index is 14.6. The van der Waals surface area contributed by atoms with E-state index in [0.29, 0.717) is 38.5 Å². The van der Waals surface area contributed by atoms with Gasteiger partial charge in [0.15, 0.2) is 6.40 Å². The second-order valence-corrected chi connectivity index (χ2v) is 25.9. The maximum absolute atomic E-state index is 14.6. The lowest BCUT2D eigenvalue weighted by molar-refractivity contribution is -0.130. The largest absolute Gasteiger partial charge is 0.487 e. The monoisotopic (exact) mass is 1370 g/mol. The minimum absolute atomic E-state index is 0.000782. The molecule has 3 unspecified atom stereocenters. The van der Waals surface area contributed by atoms with E-state index in [9.17, 15) is 33.6 Å². The first-order chi connectivity index (χ1) is 50.0. The van der Waals surface area contributed by atoms with Gasteiger partial charge in [-0.05, 0) is 147 Å². The molecule has 0 aliphatic heterocycles. The molecule has 0 spiro atoms. The number of alkyl carbamates (subject to hydrolysis) is 4.